The maximum Gasteiger partial charge on any atom is 0.265 e. The van der Waals surface area contributed by atoms with Crippen molar-refractivity contribution >= 4 is 22.8 Å². The van der Waals surface area contributed by atoms with Crippen molar-refractivity contribution in [2.45, 2.75) is 0 Å². The van der Waals surface area contributed by atoms with Gasteiger partial charge in [0.05, 0.1) is 24.9 Å². The summed E-state index contributed by atoms with van der Waals surface area (Å²) in [6.07, 6.45) is 3.45. The number of primary amides is 1. The van der Waals surface area contributed by atoms with Crippen molar-refractivity contribution in [1.29, 1.82) is 0 Å². The minimum Gasteiger partial charge on any atom is -0.378 e. The number of rotatable bonds is 4. The van der Waals surface area contributed by atoms with Gasteiger partial charge in [-0.1, -0.05) is 12.1 Å². The first-order valence-electron chi connectivity index (χ1n) is 9.19. The van der Waals surface area contributed by atoms with Gasteiger partial charge in [-0.2, -0.15) is 20.1 Å². The van der Waals surface area contributed by atoms with E-state index in [-0.39, 0.29) is 0 Å². The summed E-state index contributed by atoms with van der Waals surface area (Å²) in [6, 6.07) is 9.16. The number of fused-ring (bicyclic) bond motifs is 1. The first-order chi connectivity index (χ1) is 14.2. The zero-order valence-corrected chi connectivity index (χ0v) is 15.4. The first kappa shape index (κ1) is 17.3. The minimum atomic E-state index is -0.554. The molecule has 1 aromatic carbocycles. The second kappa shape index (κ2) is 6.99. The predicted octanol–water partition coefficient (Wildman–Crippen LogP) is 1.14. The van der Waals surface area contributed by atoms with E-state index in [0.29, 0.717) is 49.7 Å². The van der Waals surface area contributed by atoms with E-state index < -0.39 is 5.91 Å². The molecular formula is C19H18N8O2. The monoisotopic (exact) mass is 390 g/mol. The fraction of sp³-hybridized carbons (Fsp3) is 0.211. The van der Waals surface area contributed by atoms with Gasteiger partial charge in [-0.15, -0.1) is 0 Å². The van der Waals surface area contributed by atoms with Crippen LogP contribution in [-0.4, -0.2) is 61.9 Å². The van der Waals surface area contributed by atoms with Crippen LogP contribution in [0.1, 0.15) is 10.5 Å². The predicted molar refractivity (Wildman–Crippen MR) is 106 cm³/mol. The quantitative estimate of drug-likeness (QED) is 0.535. The highest BCUT2D eigenvalue weighted by Crippen LogP contribution is 2.27. The van der Waals surface area contributed by atoms with Gasteiger partial charge in [-0.05, 0) is 18.2 Å². The summed E-state index contributed by atoms with van der Waals surface area (Å²) in [6.45, 7) is 2.55. The van der Waals surface area contributed by atoms with Crippen LogP contribution in [0, 0.1) is 0 Å². The average molecular weight is 390 g/mol. The molecule has 10 heteroatoms. The maximum absolute atomic E-state index is 11.8. The summed E-state index contributed by atoms with van der Waals surface area (Å²) in [5, 5.41) is 7.98. The van der Waals surface area contributed by atoms with Crippen LogP contribution in [0.5, 0.6) is 0 Å². The van der Waals surface area contributed by atoms with Crippen molar-refractivity contribution in [3.63, 3.8) is 0 Å². The number of amides is 1. The molecule has 29 heavy (non-hydrogen) atoms. The van der Waals surface area contributed by atoms with Crippen LogP contribution in [0.25, 0.3) is 28.2 Å². The molecule has 3 N–H and O–H groups in total. The maximum atomic E-state index is 11.8. The molecule has 0 aliphatic carbocycles. The van der Waals surface area contributed by atoms with Crippen LogP contribution < -0.4 is 10.6 Å². The molecule has 0 bridgehead atoms. The van der Waals surface area contributed by atoms with Crippen LogP contribution >= 0.6 is 0 Å². The first-order valence-corrected chi connectivity index (χ1v) is 9.19. The number of hydrogen-bond donors (Lipinski definition) is 2. The second-order valence-corrected chi connectivity index (χ2v) is 6.62. The third kappa shape index (κ3) is 3.09. The molecule has 4 aromatic rings. The van der Waals surface area contributed by atoms with Crippen molar-refractivity contribution in [2.24, 2.45) is 5.73 Å². The molecule has 1 saturated heterocycles. The van der Waals surface area contributed by atoms with Gasteiger partial charge in [-0.25, -0.2) is 0 Å². The number of carbonyl (C=O) groups excluding carboxylic acids is 1. The average Bonchev–Trinajstić information content (AvgIpc) is 3.43. The number of ether oxygens (including phenoxy) is 1. The van der Waals surface area contributed by atoms with E-state index >= 15 is 0 Å². The van der Waals surface area contributed by atoms with Crippen LogP contribution in [0.15, 0.2) is 42.7 Å². The van der Waals surface area contributed by atoms with E-state index in [1.165, 1.54) is 0 Å². The van der Waals surface area contributed by atoms with Gasteiger partial charge in [0.1, 0.15) is 5.69 Å². The molecule has 0 atom stereocenters. The molecule has 1 amide bonds. The zero-order chi connectivity index (χ0) is 19.8. The Kier molecular flexibility index (Phi) is 4.17. The number of anilines is 1. The Bertz CT molecular complexity index is 1190. The Morgan fingerprint density at radius 2 is 1.90 bits per heavy atom. The van der Waals surface area contributed by atoms with E-state index in [4.69, 9.17) is 15.5 Å². The molecule has 146 valence electrons. The largest absolute Gasteiger partial charge is 0.378 e. The molecule has 1 fully saturated rings. The van der Waals surface area contributed by atoms with Crippen molar-refractivity contribution in [2.75, 3.05) is 31.2 Å². The van der Waals surface area contributed by atoms with Gasteiger partial charge >= 0.3 is 0 Å². The van der Waals surface area contributed by atoms with Crippen molar-refractivity contribution in [3.05, 3.63) is 48.4 Å². The number of hydrogen-bond acceptors (Lipinski definition) is 7. The van der Waals surface area contributed by atoms with Crippen LogP contribution in [0.2, 0.25) is 0 Å². The van der Waals surface area contributed by atoms with Gasteiger partial charge in [-0.3, -0.25) is 14.5 Å². The number of benzene rings is 1. The van der Waals surface area contributed by atoms with Gasteiger partial charge in [0.15, 0.2) is 5.82 Å². The number of H-pyrrole nitrogens is 1. The fourth-order valence-corrected chi connectivity index (χ4v) is 3.41. The fourth-order valence-electron chi connectivity index (χ4n) is 3.41. The Balaban J connectivity index is 1.71. The van der Waals surface area contributed by atoms with Crippen LogP contribution in [0.4, 0.5) is 5.95 Å². The van der Waals surface area contributed by atoms with Crippen LogP contribution in [0.3, 0.4) is 0 Å². The molecular weight excluding hydrogens is 372 g/mol. The third-order valence-corrected chi connectivity index (χ3v) is 4.85. The summed E-state index contributed by atoms with van der Waals surface area (Å²) in [7, 11) is 0. The summed E-state index contributed by atoms with van der Waals surface area (Å²) in [5.41, 5.74) is 7.53. The van der Waals surface area contributed by atoms with Crippen LogP contribution in [-0.2, 0) is 4.74 Å². The standard InChI is InChI=1S/C19H18N8O2/c20-16(28)15-5-2-6-27(15)19-23-17(12-3-1-4-14-13(12)11-21-25-14)22-18(24-19)26-7-9-29-10-8-26/h1-6,11H,7-10H2,(H2,20,28)(H,21,25). The Labute approximate surface area is 165 Å². The van der Waals surface area contributed by atoms with Gasteiger partial charge in [0, 0.05) is 30.2 Å². The molecule has 3 aromatic heterocycles. The highest BCUT2D eigenvalue weighted by molar-refractivity contribution is 5.93. The molecule has 1 aliphatic rings. The highest BCUT2D eigenvalue weighted by Gasteiger charge is 2.20. The molecule has 0 saturated carbocycles. The number of nitrogens with one attached hydrogen (secondary N) is 1. The lowest BCUT2D eigenvalue weighted by Crippen LogP contribution is -2.37. The van der Waals surface area contributed by atoms with E-state index in [1.54, 1.807) is 29.1 Å². The molecule has 0 radical (unpaired) electrons. The molecule has 1 aliphatic heterocycles. The number of nitrogens with two attached hydrogens (primary N) is 1. The van der Waals surface area contributed by atoms with Crippen molar-refractivity contribution < 1.29 is 9.53 Å². The number of aromatic nitrogens is 6. The van der Waals surface area contributed by atoms with E-state index in [2.05, 4.69) is 20.2 Å². The lowest BCUT2D eigenvalue weighted by molar-refractivity contribution is 0.0993. The Morgan fingerprint density at radius 3 is 2.72 bits per heavy atom. The topological polar surface area (TPSA) is 128 Å². The summed E-state index contributed by atoms with van der Waals surface area (Å²) in [5.74, 6) is 0.795. The minimum absolute atomic E-state index is 0.302. The molecule has 0 spiro atoms. The smallest absolute Gasteiger partial charge is 0.265 e. The zero-order valence-electron chi connectivity index (χ0n) is 15.4. The lowest BCUT2D eigenvalue weighted by Gasteiger charge is -2.27. The SMILES string of the molecule is NC(=O)c1cccn1-c1nc(-c2cccc3[nH]ncc23)nc(N2CCOCC2)n1. The van der Waals surface area contributed by atoms with Gasteiger partial charge < -0.3 is 15.4 Å². The molecule has 5 rings (SSSR count). The number of morpholine rings is 1. The Hall–Kier alpha value is -3.79. The van der Waals surface area contributed by atoms with Crippen molar-refractivity contribution in [3.8, 4) is 17.3 Å². The highest BCUT2D eigenvalue weighted by atomic mass is 16.5. The number of nitrogens with zero attached hydrogens (tertiary/aromatic N) is 6. The normalized spacial score (nSPS) is 14.4. The summed E-state index contributed by atoms with van der Waals surface area (Å²) in [4.78, 5) is 27.9. The second-order valence-electron chi connectivity index (χ2n) is 6.62. The summed E-state index contributed by atoms with van der Waals surface area (Å²) >= 11 is 0. The van der Waals surface area contributed by atoms with E-state index in [1.807, 2.05) is 23.1 Å². The Morgan fingerprint density at radius 1 is 1.07 bits per heavy atom. The van der Waals surface area contributed by atoms with Gasteiger partial charge in [0.2, 0.25) is 11.9 Å². The van der Waals surface area contributed by atoms with Crippen molar-refractivity contribution in [1.82, 2.24) is 29.7 Å². The number of carbonyl (C=O) groups is 1. The lowest BCUT2D eigenvalue weighted by atomic mass is 10.1. The van der Waals surface area contributed by atoms with E-state index in [9.17, 15) is 4.79 Å². The molecule has 10 nitrogen and oxygen atoms in total. The third-order valence-electron chi connectivity index (χ3n) is 4.85. The van der Waals surface area contributed by atoms with Gasteiger partial charge in [0.25, 0.3) is 5.91 Å². The molecule has 0 unspecified atom stereocenters. The summed E-state index contributed by atoms with van der Waals surface area (Å²) < 4.78 is 7.02. The molecule has 4 heterocycles. The van der Waals surface area contributed by atoms with E-state index in [0.717, 1.165) is 16.5 Å². The number of aromatic amines is 1.